The summed E-state index contributed by atoms with van der Waals surface area (Å²) in [5.74, 6) is 0. The Bertz CT molecular complexity index is 3940. The molecule has 0 spiro atoms. The smallest absolute Gasteiger partial charge is 0.0541 e. The van der Waals surface area contributed by atoms with Gasteiger partial charge in [0, 0.05) is 66.0 Å². The van der Waals surface area contributed by atoms with Gasteiger partial charge in [0.1, 0.15) is 0 Å². The first-order chi connectivity index (χ1) is 32.6. The lowest BCUT2D eigenvalue weighted by Gasteiger charge is -2.27. The highest BCUT2D eigenvalue weighted by molar-refractivity contribution is 7.17. The van der Waals surface area contributed by atoms with Crippen LogP contribution in [0, 0.1) is 0 Å². The average Bonchev–Trinajstić information content (AvgIpc) is 4.06. The lowest BCUT2D eigenvalue weighted by molar-refractivity contribution is 1.18. The van der Waals surface area contributed by atoms with E-state index < -0.39 is 0 Å². The van der Waals surface area contributed by atoms with Crippen LogP contribution in [0.15, 0.2) is 243 Å². The van der Waals surface area contributed by atoms with Crippen LogP contribution in [0.25, 0.3) is 98.5 Å². The van der Waals surface area contributed by atoms with Crippen LogP contribution in [0.2, 0.25) is 0 Å². The van der Waals surface area contributed by atoms with Gasteiger partial charge in [-0.2, -0.15) is 0 Å². The molecule has 0 atom stereocenters. The number of para-hydroxylation sites is 4. The van der Waals surface area contributed by atoms with Gasteiger partial charge in [0.05, 0.1) is 27.8 Å². The second-order valence-corrected chi connectivity index (χ2v) is 18.0. The number of benzene rings is 9. The number of hydrogen-bond acceptors (Lipinski definition) is 2. The lowest BCUT2D eigenvalue weighted by atomic mass is 9.92. The van der Waals surface area contributed by atoms with E-state index in [1.165, 1.54) is 64.8 Å². The molecule has 0 unspecified atom stereocenters. The second-order valence-electron chi connectivity index (χ2n) is 17.1. The minimum absolute atomic E-state index is 0.950. The summed E-state index contributed by atoms with van der Waals surface area (Å²) in [6.45, 7) is 4.83. The lowest BCUT2D eigenvalue weighted by Crippen LogP contribution is -2.12. The van der Waals surface area contributed by atoms with Crippen molar-refractivity contribution in [1.29, 1.82) is 0 Å². The van der Waals surface area contributed by atoms with Crippen molar-refractivity contribution in [3.63, 3.8) is 0 Å². The molecule has 4 heterocycles. The van der Waals surface area contributed by atoms with Crippen molar-refractivity contribution in [3.8, 4) is 33.6 Å². The number of aromatic nitrogens is 2. The number of allylic oxidation sites excluding steroid dienone is 4. The van der Waals surface area contributed by atoms with Gasteiger partial charge in [-0.3, -0.25) is 0 Å². The molecule has 0 fully saturated rings. The molecule has 0 saturated carbocycles. The van der Waals surface area contributed by atoms with E-state index in [0.29, 0.717) is 0 Å². The number of fused-ring (bicyclic) bond motifs is 8. The first-order valence-electron chi connectivity index (χ1n) is 22.4. The maximum Gasteiger partial charge on any atom is 0.0541 e. The van der Waals surface area contributed by atoms with Gasteiger partial charge < -0.3 is 14.0 Å². The molecule has 0 aliphatic carbocycles. The fourth-order valence-electron chi connectivity index (χ4n) is 10.2. The minimum atomic E-state index is 0.950. The molecule has 4 heteroatoms. The highest BCUT2D eigenvalue weighted by Gasteiger charge is 2.21. The number of anilines is 2. The van der Waals surface area contributed by atoms with Crippen LogP contribution >= 0.6 is 11.3 Å². The zero-order chi connectivity index (χ0) is 43.7. The van der Waals surface area contributed by atoms with Crippen LogP contribution < -0.4 is 4.90 Å². The van der Waals surface area contributed by atoms with Crippen molar-refractivity contribution in [2.75, 3.05) is 4.90 Å². The van der Waals surface area contributed by atoms with E-state index in [0.717, 1.165) is 56.1 Å². The Morgan fingerprint density at radius 3 is 1.59 bits per heavy atom. The molecule has 3 aromatic heterocycles. The predicted molar refractivity (Wildman–Crippen MR) is 283 cm³/mol. The van der Waals surface area contributed by atoms with Gasteiger partial charge in [0.25, 0.3) is 0 Å². The molecular formula is C62H41N3S. The Morgan fingerprint density at radius 2 is 0.924 bits per heavy atom. The third-order valence-electron chi connectivity index (χ3n) is 13.3. The van der Waals surface area contributed by atoms with Gasteiger partial charge in [-0.05, 0) is 142 Å². The molecule has 0 radical (unpaired) electrons. The normalized spacial score (nSPS) is 14.2. The van der Waals surface area contributed by atoms with Crippen molar-refractivity contribution < 1.29 is 0 Å². The maximum absolute atomic E-state index is 4.83. The summed E-state index contributed by atoms with van der Waals surface area (Å²) in [5, 5.41) is 8.44. The summed E-state index contributed by atoms with van der Waals surface area (Å²) in [4.78, 5) is 2.35. The largest absolute Gasteiger partial charge is 0.317 e. The predicted octanol–water partition coefficient (Wildman–Crippen LogP) is 17.2. The van der Waals surface area contributed by atoms with E-state index in [1.807, 2.05) is 0 Å². The maximum atomic E-state index is 4.83. The summed E-state index contributed by atoms with van der Waals surface area (Å²) < 4.78 is 6.01. The standard InChI is InChI=1S/C62H41N3S/c1-41-35-46(45-27-31-61-54(38-45)51-22-12-14-24-59(51)65(61)48-19-9-4-10-20-48)33-34-63(49-28-32-62-55(39-49)56(40-66-62)42-15-5-2-6-16-42)57-29-25-43(36-52(41)57)44-26-30-60-53(37-44)50-21-11-13-23-58(50)64(60)47-17-7-3-8-18-47/h2-40H,1H2/b34-33-,46-35+. The van der Waals surface area contributed by atoms with Gasteiger partial charge in [-0.1, -0.05) is 128 Å². The van der Waals surface area contributed by atoms with Gasteiger partial charge in [0.15, 0.2) is 0 Å². The highest BCUT2D eigenvalue weighted by atomic mass is 32.1. The van der Waals surface area contributed by atoms with E-state index in [4.69, 9.17) is 6.58 Å². The van der Waals surface area contributed by atoms with Crippen molar-refractivity contribution in [1.82, 2.24) is 9.13 Å². The summed E-state index contributed by atoms with van der Waals surface area (Å²) in [6.07, 6.45) is 6.76. The van der Waals surface area contributed by atoms with Crippen molar-refractivity contribution in [2.24, 2.45) is 0 Å². The fourth-order valence-corrected chi connectivity index (χ4v) is 11.1. The highest BCUT2D eigenvalue weighted by Crippen LogP contribution is 2.44. The van der Waals surface area contributed by atoms with Gasteiger partial charge in [-0.25, -0.2) is 0 Å². The average molecular weight is 860 g/mol. The quantitative estimate of drug-likeness (QED) is 0.162. The Hall–Kier alpha value is -8.44. The van der Waals surface area contributed by atoms with E-state index in [1.54, 1.807) is 11.3 Å². The molecule has 0 saturated heterocycles. The topological polar surface area (TPSA) is 13.1 Å². The summed E-state index contributed by atoms with van der Waals surface area (Å²) in [5.41, 5.74) is 18.3. The van der Waals surface area contributed by atoms with Crippen molar-refractivity contribution in [3.05, 3.63) is 254 Å². The molecule has 12 aromatic rings. The van der Waals surface area contributed by atoms with Crippen molar-refractivity contribution >= 4 is 87.6 Å². The first kappa shape index (κ1) is 38.1. The van der Waals surface area contributed by atoms with Crippen LogP contribution in [0.3, 0.4) is 0 Å². The monoisotopic (exact) mass is 859 g/mol. The van der Waals surface area contributed by atoms with Crippen LogP contribution in [-0.4, -0.2) is 9.13 Å². The van der Waals surface area contributed by atoms with Gasteiger partial charge in [-0.15, -0.1) is 11.3 Å². The molecule has 0 amide bonds. The zero-order valence-electron chi connectivity index (χ0n) is 36.0. The van der Waals surface area contributed by atoms with E-state index in [2.05, 4.69) is 250 Å². The Labute approximate surface area is 387 Å². The number of rotatable bonds is 6. The van der Waals surface area contributed by atoms with Crippen LogP contribution in [0.4, 0.5) is 11.4 Å². The van der Waals surface area contributed by atoms with Crippen LogP contribution in [-0.2, 0) is 0 Å². The van der Waals surface area contributed by atoms with Crippen LogP contribution in [0.1, 0.15) is 11.1 Å². The molecule has 1 aliphatic rings. The third-order valence-corrected chi connectivity index (χ3v) is 14.3. The molecule has 3 nitrogen and oxygen atoms in total. The number of nitrogens with zero attached hydrogens (tertiary/aromatic N) is 3. The summed E-state index contributed by atoms with van der Waals surface area (Å²) >= 11 is 1.80. The second kappa shape index (κ2) is 15.4. The molecule has 310 valence electrons. The van der Waals surface area contributed by atoms with E-state index in [9.17, 15) is 0 Å². The third kappa shape index (κ3) is 6.18. The molecular weight excluding hydrogens is 819 g/mol. The molecule has 1 aliphatic heterocycles. The minimum Gasteiger partial charge on any atom is -0.317 e. The Kier molecular flexibility index (Phi) is 8.87. The van der Waals surface area contributed by atoms with E-state index in [-0.39, 0.29) is 0 Å². The Balaban J connectivity index is 0.983. The molecule has 66 heavy (non-hydrogen) atoms. The molecule has 13 rings (SSSR count). The van der Waals surface area contributed by atoms with Gasteiger partial charge in [0.2, 0.25) is 0 Å². The first-order valence-corrected chi connectivity index (χ1v) is 23.3. The van der Waals surface area contributed by atoms with Gasteiger partial charge >= 0.3 is 0 Å². The number of hydrogen-bond donors (Lipinski definition) is 0. The fraction of sp³-hybridized carbons (Fsp3) is 0. The molecule has 0 bridgehead atoms. The molecule has 0 N–H and O–H groups in total. The zero-order valence-corrected chi connectivity index (χ0v) is 36.8. The summed E-state index contributed by atoms with van der Waals surface area (Å²) in [7, 11) is 0. The summed E-state index contributed by atoms with van der Waals surface area (Å²) in [6, 6.07) is 77.0. The van der Waals surface area contributed by atoms with Crippen LogP contribution in [0.5, 0.6) is 0 Å². The Morgan fingerprint density at radius 1 is 0.379 bits per heavy atom. The van der Waals surface area contributed by atoms with Crippen molar-refractivity contribution in [2.45, 2.75) is 0 Å². The SMILES string of the molecule is C=C1/C=C(c2ccc3c(c2)c2ccccc2n3-c2ccccc2)\C=C/N(c2ccc3scc(-c4ccccc4)c3c2)c2ccc(-c3ccc4c(c3)c3ccccc3n4-c3ccccc3)cc21. The van der Waals surface area contributed by atoms with E-state index >= 15 is 0 Å². The number of thiophene rings is 1. The molecule has 9 aromatic carbocycles.